The van der Waals surface area contributed by atoms with Crippen molar-refractivity contribution in [2.75, 3.05) is 13.2 Å². The second kappa shape index (κ2) is 5.98. The predicted octanol–water partition coefficient (Wildman–Crippen LogP) is 2.74. The topological polar surface area (TPSA) is 29.5 Å². The van der Waals surface area contributed by atoms with E-state index in [1.54, 1.807) is 6.07 Å². The number of rotatable bonds is 5. The fourth-order valence-electron chi connectivity index (χ4n) is 0.988. The Morgan fingerprint density at radius 2 is 2.14 bits per heavy atom. The first kappa shape index (κ1) is 11.5. The van der Waals surface area contributed by atoms with Crippen LogP contribution in [0.2, 0.25) is 0 Å². The van der Waals surface area contributed by atoms with Crippen LogP contribution in [0.1, 0.15) is 12.8 Å². The minimum Gasteiger partial charge on any atom is -0.492 e. The van der Waals surface area contributed by atoms with E-state index >= 15 is 0 Å². The molecule has 0 aromatic heterocycles. The first-order valence-corrected chi connectivity index (χ1v) is 5.22. The van der Waals surface area contributed by atoms with Gasteiger partial charge in [-0.05, 0) is 47.0 Å². The normalized spacial score (nSPS) is 10.2. The zero-order chi connectivity index (χ0) is 10.4. The Bertz CT molecular complexity index is 291. The highest BCUT2D eigenvalue weighted by molar-refractivity contribution is 9.10. The highest BCUT2D eigenvalue weighted by Crippen LogP contribution is 2.25. The Hall–Kier alpha value is -0.610. The number of hydrogen-bond acceptors (Lipinski definition) is 2. The first-order valence-electron chi connectivity index (χ1n) is 4.43. The standard InChI is InChI=1S/C10H12BrFO2/c11-9-7-8(12)3-4-10(9)14-6-2-1-5-13/h3-4,7,13H,1-2,5-6H2. The van der Waals surface area contributed by atoms with Crippen molar-refractivity contribution in [3.8, 4) is 5.75 Å². The Morgan fingerprint density at radius 3 is 2.79 bits per heavy atom. The van der Waals surface area contributed by atoms with Gasteiger partial charge in [0.25, 0.3) is 0 Å². The van der Waals surface area contributed by atoms with Crippen LogP contribution in [0, 0.1) is 5.82 Å². The van der Waals surface area contributed by atoms with Gasteiger partial charge < -0.3 is 9.84 Å². The van der Waals surface area contributed by atoms with E-state index < -0.39 is 0 Å². The van der Waals surface area contributed by atoms with Crippen molar-refractivity contribution >= 4 is 15.9 Å². The van der Waals surface area contributed by atoms with Crippen LogP contribution in [0.5, 0.6) is 5.75 Å². The summed E-state index contributed by atoms with van der Waals surface area (Å²) in [4.78, 5) is 0. The van der Waals surface area contributed by atoms with Gasteiger partial charge in [0.05, 0.1) is 11.1 Å². The van der Waals surface area contributed by atoms with Crippen molar-refractivity contribution in [1.29, 1.82) is 0 Å². The number of aliphatic hydroxyl groups is 1. The average molecular weight is 263 g/mol. The van der Waals surface area contributed by atoms with Gasteiger partial charge in [0, 0.05) is 6.61 Å². The molecule has 0 fully saturated rings. The SMILES string of the molecule is OCCCCOc1ccc(F)cc1Br. The molecule has 0 aliphatic rings. The maximum atomic E-state index is 12.7. The molecule has 0 unspecified atom stereocenters. The third-order valence-electron chi connectivity index (χ3n) is 1.70. The van der Waals surface area contributed by atoms with Crippen LogP contribution < -0.4 is 4.74 Å². The minimum atomic E-state index is -0.292. The second-order valence-electron chi connectivity index (χ2n) is 2.85. The molecule has 4 heteroatoms. The van der Waals surface area contributed by atoms with E-state index in [0.29, 0.717) is 16.8 Å². The van der Waals surface area contributed by atoms with E-state index in [4.69, 9.17) is 9.84 Å². The lowest BCUT2D eigenvalue weighted by molar-refractivity contribution is 0.252. The van der Waals surface area contributed by atoms with E-state index in [1.807, 2.05) is 0 Å². The summed E-state index contributed by atoms with van der Waals surface area (Å²) in [6.45, 7) is 0.707. The number of unbranched alkanes of at least 4 members (excludes halogenated alkanes) is 1. The van der Waals surface area contributed by atoms with Gasteiger partial charge >= 0.3 is 0 Å². The summed E-state index contributed by atoms with van der Waals surface area (Å²) in [5.74, 6) is 0.337. The number of benzene rings is 1. The summed E-state index contributed by atoms with van der Waals surface area (Å²) in [5, 5.41) is 8.54. The average Bonchev–Trinajstić information content (AvgIpc) is 2.15. The van der Waals surface area contributed by atoms with Gasteiger partial charge in [-0.3, -0.25) is 0 Å². The summed E-state index contributed by atoms with van der Waals surface area (Å²) in [6, 6.07) is 4.30. The smallest absolute Gasteiger partial charge is 0.133 e. The van der Waals surface area contributed by atoms with Gasteiger partial charge in [-0.25, -0.2) is 4.39 Å². The van der Waals surface area contributed by atoms with Gasteiger partial charge in [-0.15, -0.1) is 0 Å². The van der Waals surface area contributed by atoms with Gasteiger partial charge in [0.1, 0.15) is 11.6 Å². The highest BCUT2D eigenvalue weighted by atomic mass is 79.9. The lowest BCUT2D eigenvalue weighted by atomic mass is 10.3. The van der Waals surface area contributed by atoms with Crippen molar-refractivity contribution in [3.63, 3.8) is 0 Å². The fraction of sp³-hybridized carbons (Fsp3) is 0.400. The lowest BCUT2D eigenvalue weighted by Gasteiger charge is -2.07. The third-order valence-corrected chi connectivity index (χ3v) is 2.32. The van der Waals surface area contributed by atoms with E-state index in [9.17, 15) is 4.39 Å². The van der Waals surface area contributed by atoms with E-state index in [1.165, 1.54) is 12.1 Å². The molecule has 0 heterocycles. The van der Waals surface area contributed by atoms with E-state index in [2.05, 4.69) is 15.9 Å². The summed E-state index contributed by atoms with van der Waals surface area (Å²) >= 11 is 3.20. The third kappa shape index (κ3) is 3.64. The zero-order valence-electron chi connectivity index (χ0n) is 7.67. The minimum absolute atomic E-state index is 0.175. The molecule has 1 rings (SSSR count). The number of ether oxygens (including phenoxy) is 1. The van der Waals surface area contributed by atoms with Crippen molar-refractivity contribution in [2.24, 2.45) is 0 Å². The zero-order valence-corrected chi connectivity index (χ0v) is 9.26. The molecule has 0 saturated carbocycles. The molecule has 0 bridgehead atoms. The molecule has 0 atom stereocenters. The summed E-state index contributed by atoms with van der Waals surface area (Å²) < 4.78 is 18.7. The molecule has 0 radical (unpaired) electrons. The van der Waals surface area contributed by atoms with Gasteiger partial charge in [-0.1, -0.05) is 0 Å². The molecular formula is C10H12BrFO2. The molecule has 0 aliphatic heterocycles. The molecular weight excluding hydrogens is 251 g/mol. The molecule has 1 aromatic rings. The van der Waals surface area contributed by atoms with Gasteiger partial charge in [-0.2, -0.15) is 0 Å². The van der Waals surface area contributed by atoms with Crippen LogP contribution in [0.25, 0.3) is 0 Å². The van der Waals surface area contributed by atoms with Crippen LogP contribution in [0.4, 0.5) is 4.39 Å². The molecule has 1 N–H and O–H groups in total. The fourth-order valence-corrected chi connectivity index (χ4v) is 1.45. The summed E-state index contributed by atoms with van der Waals surface area (Å²) in [6.07, 6.45) is 1.51. The summed E-state index contributed by atoms with van der Waals surface area (Å²) in [5.41, 5.74) is 0. The first-order chi connectivity index (χ1) is 6.74. The van der Waals surface area contributed by atoms with Crippen LogP contribution in [-0.2, 0) is 0 Å². The molecule has 14 heavy (non-hydrogen) atoms. The molecule has 0 saturated heterocycles. The molecule has 0 amide bonds. The van der Waals surface area contributed by atoms with Crippen molar-refractivity contribution in [1.82, 2.24) is 0 Å². The Labute approximate surface area is 90.8 Å². The molecule has 2 nitrogen and oxygen atoms in total. The van der Waals surface area contributed by atoms with Crippen LogP contribution in [0.15, 0.2) is 22.7 Å². The Morgan fingerprint density at radius 1 is 1.36 bits per heavy atom. The number of hydrogen-bond donors (Lipinski definition) is 1. The number of halogens is 2. The lowest BCUT2D eigenvalue weighted by Crippen LogP contribution is -1.99. The highest BCUT2D eigenvalue weighted by Gasteiger charge is 2.01. The Kier molecular flexibility index (Phi) is 4.90. The van der Waals surface area contributed by atoms with Gasteiger partial charge in [0.15, 0.2) is 0 Å². The quantitative estimate of drug-likeness (QED) is 0.828. The van der Waals surface area contributed by atoms with Crippen LogP contribution >= 0.6 is 15.9 Å². The maximum absolute atomic E-state index is 12.7. The van der Waals surface area contributed by atoms with Crippen molar-refractivity contribution in [2.45, 2.75) is 12.8 Å². The predicted molar refractivity (Wildman–Crippen MR) is 55.9 cm³/mol. The molecule has 0 aliphatic carbocycles. The molecule has 78 valence electrons. The monoisotopic (exact) mass is 262 g/mol. The van der Waals surface area contributed by atoms with E-state index in [0.717, 1.165) is 12.8 Å². The van der Waals surface area contributed by atoms with E-state index in [-0.39, 0.29) is 12.4 Å². The largest absolute Gasteiger partial charge is 0.492 e. The van der Waals surface area contributed by atoms with Crippen molar-refractivity contribution < 1.29 is 14.2 Å². The Balaban J connectivity index is 2.42. The van der Waals surface area contributed by atoms with Crippen LogP contribution in [0.3, 0.4) is 0 Å². The maximum Gasteiger partial charge on any atom is 0.133 e. The van der Waals surface area contributed by atoms with Crippen LogP contribution in [-0.4, -0.2) is 18.3 Å². The molecule has 0 spiro atoms. The van der Waals surface area contributed by atoms with Gasteiger partial charge in [0.2, 0.25) is 0 Å². The molecule has 1 aromatic carbocycles. The number of aliphatic hydroxyl groups excluding tert-OH is 1. The second-order valence-corrected chi connectivity index (χ2v) is 3.71. The van der Waals surface area contributed by atoms with Crippen molar-refractivity contribution in [3.05, 3.63) is 28.5 Å². The summed E-state index contributed by atoms with van der Waals surface area (Å²) in [7, 11) is 0.